The average molecular weight is 442 g/mol. The first-order valence-corrected chi connectivity index (χ1v) is 10.4. The molecule has 0 radical (unpaired) electrons. The molecule has 0 unspecified atom stereocenters. The van der Waals surface area contributed by atoms with Crippen LogP contribution in [0.2, 0.25) is 0 Å². The second-order valence-electron chi connectivity index (χ2n) is 7.91. The van der Waals surface area contributed by atoms with E-state index in [1.807, 2.05) is 6.07 Å². The number of hydrogen-bond donors (Lipinski definition) is 2. The van der Waals surface area contributed by atoms with Gasteiger partial charge in [-0.2, -0.15) is 0 Å². The number of benzene rings is 2. The van der Waals surface area contributed by atoms with E-state index in [0.717, 1.165) is 5.56 Å². The van der Waals surface area contributed by atoms with Crippen molar-refractivity contribution in [1.29, 1.82) is 0 Å². The second kappa shape index (κ2) is 10.3. The molecule has 0 saturated carbocycles. The molecule has 2 aromatic rings. The van der Waals surface area contributed by atoms with Gasteiger partial charge in [0.15, 0.2) is 17.6 Å². The van der Waals surface area contributed by atoms with Gasteiger partial charge in [0.1, 0.15) is 0 Å². The minimum absolute atomic E-state index is 0.0868. The van der Waals surface area contributed by atoms with Gasteiger partial charge in [-0.05, 0) is 42.5 Å². The lowest BCUT2D eigenvalue weighted by atomic mass is 9.84. The molecule has 2 N–H and O–H groups in total. The lowest BCUT2D eigenvalue weighted by molar-refractivity contribution is -0.145. The van der Waals surface area contributed by atoms with Gasteiger partial charge < -0.3 is 20.1 Å². The monoisotopic (exact) mass is 442 g/mol. The Morgan fingerprint density at radius 1 is 1.19 bits per heavy atom. The maximum atomic E-state index is 13.8. The number of esters is 1. The first-order chi connectivity index (χ1) is 15.4. The number of carbonyl (C=O) groups excluding carboxylic acids is 3. The number of amides is 2. The quantitative estimate of drug-likeness (QED) is 0.583. The van der Waals surface area contributed by atoms with Crippen LogP contribution in [-0.4, -0.2) is 37.5 Å². The predicted octanol–water partition coefficient (Wildman–Crippen LogP) is 2.84. The summed E-state index contributed by atoms with van der Waals surface area (Å²) >= 11 is 0. The lowest BCUT2D eigenvalue weighted by Gasteiger charge is -2.30. The fraction of sp³-hybridized carbons (Fsp3) is 0.375. The molecule has 2 amide bonds. The number of ether oxygens (including phenoxy) is 2. The van der Waals surface area contributed by atoms with Crippen molar-refractivity contribution in [2.24, 2.45) is 0 Å². The number of carbonyl (C=O) groups is 3. The van der Waals surface area contributed by atoms with E-state index in [4.69, 9.17) is 9.47 Å². The largest absolute Gasteiger partial charge is 0.494 e. The Bertz CT molecular complexity index is 982. The van der Waals surface area contributed by atoms with Crippen LogP contribution in [0.1, 0.15) is 42.9 Å². The predicted molar refractivity (Wildman–Crippen MR) is 115 cm³/mol. The molecule has 2 aromatic carbocycles. The first kappa shape index (κ1) is 23.2. The summed E-state index contributed by atoms with van der Waals surface area (Å²) in [6.07, 6.45) is 1.81. The third kappa shape index (κ3) is 5.63. The maximum absolute atomic E-state index is 13.8. The van der Waals surface area contributed by atoms with Crippen LogP contribution >= 0.6 is 0 Å². The highest BCUT2D eigenvalue weighted by Gasteiger charge is 2.38. The van der Waals surface area contributed by atoms with Crippen LogP contribution in [0.15, 0.2) is 48.5 Å². The SMILES string of the molecule is COC(=O)[C@@H](NC(=O)CC[C@@]1(Cc2ccc(F)c(OC)c2)CCC(=O)N1)c1ccccc1. The molecule has 3 rings (SSSR count). The molecule has 1 aliphatic heterocycles. The van der Waals surface area contributed by atoms with Crippen molar-refractivity contribution in [2.75, 3.05) is 14.2 Å². The number of rotatable bonds is 9. The molecular weight excluding hydrogens is 415 g/mol. The van der Waals surface area contributed by atoms with Crippen LogP contribution < -0.4 is 15.4 Å². The van der Waals surface area contributed by atoms with Crippen LogP contribution in [0.5, 0.6) is 5.75 Å². The summed E-state index contributed by atoms with van der Waals surface area (Å²) in [5.74, 6) is -1.32. The van der Waals surface area contributed by atoms with Crippen molar-refractivity contribution in [1.82, 2.24) is 10.6 Å². The summed E-state index contributed by atoms with van der Waals surface area (Å²) in [6.45, 7) is 0. The zero-order valence-corrected chi connectivity index (χ0v) is 18.2. The van der Waals surface area contributed by atoms with Crippen LogP contribution in [0.4, 0.5) is 4.39 Å². The van der Waals surface area contributed by atoms with E-state index >= 15 is 0 Å². The molecule has 2 atom stereocenters. The standard InChI is InChI=1S/C24H27FN2O5/c1-31-19-14-16(8-9-18(19)25)15-24(13-11-21(29)27-24)12-10-20(28)26-22(23(30)32-2)17-6-4-3-5-7-17/h3-9,14,22H,10-13,15H2,1-2H3,(H,26,28)(H,27,29)/t22-,24-/m0/s1. The van der Waals surface area contributed by atoms with E-state index in [1.54, 1.807) is 36.4 Å². The molecule has 170 valence electrons. The molecule has 1 heterocycles. The zero-order valence-electron chi connectivity index (χ0n) is 18.2. The molecule has 0 spiro atoms. The third-order valence-electron chi connectivity index (χ3n) is 5.70. The Hall–Kier alpha value is -3.42. The molecule has 8 heteroatoms. The fourth-order valence-electron chi connectivity index (χ4n) is 4.01. The topological polar surface area (TPSA) is 93.7 Å². The summed E-state index contributed by atoms with van der Waals surface area (Å²) in [5, 5.41) is 5.73. The average Bonchev–Trinajstić information content (AvgIpc) is 3.17. The maximum Gasteiger partial charge on any atom is 0.333 e. The van der Waals surface area contributed by atoms with Gasteiger partial charge in [0.05, 0.1) is 14.2 Å². The Morgan fingerprint density at radius 3 is 2.56 bits per heavy atom. The van der Waals surface area contributed by atoms with Gasteiger partial charge in [0.2, 0.25) is 11.8 Å². The Balaban J connectivity index is 1.70. The molecule has 1 aliphatic rings. The molecule has 1 saturated heterocycles. The molecule has 32 heavy (non-hydrogen) atoms. The molecule has 0 aromatic heterocycles. The van der Waals surface area contributed by atoms with E-state index < -0.39 is 23.4 Å². The summed E-state index contributed by atoms with van der Waals surface area (Å²) in [4.78, 5) is 36.9. The van der Waals surface area contributed by atoms with Crippen molar-refractivity contribution >= 4 is 17.8 Å². The summed E-state index contributed by atoms with van der Waals surface area (Å²) < 4.78 is 23.7. The second-order valence-corrected chi connectivity index (χ2v) is 7.91. The van der Waals surface area contributed by atoms with E-state index in [2.05, 4.69) is 10.6 Å². The van der Waals surface area contributed by atoms with E-state index in [1.165, 1.54) is 20.3 Å². The van der Waals surface area contributed by atoms with Crippen LogP contribution in [0.3, 0.4) is 0 Å². The van der Waals surface area contributed by atoms with Crippen molar-refractivity contribution in [3.63, 3.8) is 0 Å². The van der Waals surface area contributed by atoms with Crippen LogP contribution in [0, 0.1) is 5.82 Å². The van der Waals surface area contributed by atoms with Gasteiger partial charge in [-0.15, -0.1) is 0 Å². The lowest BCUT2D eigenvalue weighted by Crippen LogP contribution is -2.45. The molecular formula is C24H27FN2O5. The minimum Gasteiger partial charge on any atom is -0.494 e. The Kier molecular flexibility index (Phi) is 7.45. The molecule has 0 aliphatic carbocycles. The van der Waals surface area contributed by atoms with Crippen molar-refractivity contribution in [2.45, 2.75) is 43.7 Å². The zero-order chi connectivity index (χ0) is 23.1. The smallest absolute Gasteiger partial charge is 0.333 e. The van der Waals surface area contributed by atoms with Gasteiger partial charge in [-0.1, -0.05) is 36.4 Å². The molecule has 7 nitrogen and oxygen atoms in total. The van der Waals surface area contributed by atoms with E-state index in [0.29, 0.717) is 31.2 Å². The van der Waals surface area contributed by atoms with Crippen molar-refractivity contribution in [3.05, 3.63) is 65.5 Å². The number of hydrogen-bond acceptors (Lipinski definition) is 5. The number of nitrogens with one attached hydrogen (secondary N) is 2. The van der Waals surface area contributed by atoms with Crippen LogP contribution in [-0.2, 0) is 25.5 Å². The van der Waals surface area contributed by atoms with Crippen molar-refractivity contribution in [3.8, 4) is 5.75 Å². The summed E-state index contributed by atoms with van der Waals surface area (Å²) in [6, 6.07) is 12.5. The summed E-state index contributed by atoms with van der Waals surface area (Å²) in [7, 11) is 2.66. The normalized spacial score (nSPS) is 18.5. The van der Waals surface area contributed by atoms with Crippen LogP contribution in [0.25, 0.3) is 0 Å². The highest BCUT2D eigenvalue weighted by atomic mass is 19.1. The van der Waals surface area contributed by atoms with Crippen molar-refractivity contribution < 1.29 is 28.2 Å². The first-order valence-electron chi connectivity index (χ1n) is 10.4. The van der Waals surface area contributed by atoms with Gasteiger partial charge in [0, 0.05) is 18.4 Å². The van der Waals surface area contributed by atoms with Gasteiger partial charge in [-0.25, -0.2) is 9.18 Å². The minimum atomic E-state index is -0.913. The number of methoxy groups -OCH3 is 2. The van der Waals surface area contributed by atoms with Gasteiger partial charge >= 0.3 is 5.97 Å². The highest BCUT2D eigenvalue weighted by Crippen LogP contribution is 2.31. The Morgan fingerprint density at radius 2 is 1.94 bits per heavy atom. The molecule has 0 bridgehead atoms. The third-order valence-corrected chi connectivity index (χ3v) is 5.70. The summed E-state index contributed by atoms with van der Waals surface area (Å²) in [5.41, 5.74) is 0.780. The molecule has 1 fully saturated rings. The van der Waals surface area contributed by atoms with E-state index in [9.17, 15) is 18.8 Å². The van der Waals surface area contributed by atoms with Gasteiger partial charge in [0.25, 0.3) is 0 Å². The number of halogens is 1. The highest BCUT2D eigenvalue weighted by molar-refractivity contribution is 5.85. The Labute approximate surface area is 186 Å². The van der Waals surface area contributed by atoms with Gasteiger partial charge in [-0.3, -0.25) is 9.59 Å². The van der Waals surface area contributed by atoms with E-state index in [-0.39, 0.29) is 24.0 Å². The fourth-order valence-corrected chi connectivity index (χ4v) is 4.01.